The molecule has 0 aliphatic rings. The average Bonchev–Trinajstić information content (AvgIpc) is 3.21. The summed E-state index contributed by atoms with van der Waals surface area (Å²) >= 11 is 0. The first-order chi connectivity index (χ1) is 30.7. The molecular weight excluding hydrogens is 877 g/mol. The van der Waals surface area contributed by atoms with Gasteiger partial charge in [0.15, 0.2) is 0 Å². The van der Waals surface area contributed by atoms with Gasteiger partial charge in [-0.05, 0) is 76.0 Å². The van der Waals surface area contributed by atoms with Gasteiger partial charge in [-0.3, -0.25) is 0 Å². The Balaban J connectivity index is -0.00000120. The van der Waals surface area contributed by atoms with E-state index in [1.54, 1.807) is 0 Å². The van der Waals surface area contributed by atoms with Crippen molar-refractivity contribution in [2.24, 2.45) is 22.7 Å². The molecule has 0 saturated heterocycles. The van der Waals surface area contributed by atoms with Crippen molar-refractivity contribution in [3.8, 4) is 0 Å². The van der Waals surface area contributed by atoms with E-state index < -0.39 is 48.3 Å². The lowest BCUT2D eigenvalue weighted by molar-refractivity contribution is -0.140. The fourth-order valence-corrected chi connectivity index (χ4v) is 5.50. The second-order valence-corrected chi connectivity index (χ2v) is 17.3. The summed E-state index contributed by atoms with van der Waals surface area (Å²) in [6.07, 6.45) is 0.713. The Kier molecular flexibility index (Phi) is 35.1. The first-order valence-corrected chi connectivity index (χ1v) is 21.6. The lowest BCUT2D eigenvalue weighted by atomic mass is 9.80. The van der Waals surface area contributed by atoms with Gasteiger partial charge < -0.3 is 66.6 Å². The van der Waals surface area contributed by atoms with Crippen LogP contribution in [0.25, 0.3) is 0 Å². The summed E-state index contributed by atoms with van der Waals surface area (Å²) < 4.78 is 39.2. The normalized spacial score (nSPS) is 11.4. The third-order valence-electron chi connectivity index (χ3n) is 8.68. The molecule has 0 fully saturated rings. The molecule has 0 aromatic heterocycles. The molecule has 0 heterocycles. The van der Waals surface area contributed by atoms with Crippen LogP contribution in [0, 0.1) is 30.1 Å². The predicted octanol–water partition coefficient (Wildman–Crippen LogP) is 6.69. The molecule has 4 amide bonds. The minimum absolute atomic E-state index is 0. The van der Waals surface area contributed by atoms with Gasteiger partial charge in [0.1, 0.15) is 52.9 Å². The predicted molar refractivity (Wildman–Crippen MR) is 251 cm³/mol. The molecule has 20 nitrogen and oxygen atoms in total. The number of hydrogen-bond acceptors (Lipinski definition) is 16. The standard InChI is InChI=1S/2C23H38N2O8.CH3/c1-16(2)19(26)30-10-12-32-21(28)24-9-8-23(6,7)14-18(5)15-25-22(29)33-13-11-31-20(27)17(3)4;1-16(2)19(26)30-10-12-32-21(28)24-9-8-18(5)14-23(6,7)15-25-22(29)33-13-11-31-20(27)17(3)4;/h2*18H,1,3,8-15H2,2,4-7H3,(H,24,28)(H,25,29);1H3/q;;-1. The largest absolute Gasteiger partial charge is 0.459 e. The van der Waals surface area contributed by atoms with Gasteiger partial charge in [-0.15, -0.1) is 0 Å². The van der Waals surface area contributed by atoms with E-state index in [2.05, 4.69) is 68.4 Å². The summed E-state index contributed by atoms with van der Waals surface area (Å²) in [7, 11) is 0. The molecular formula is C47H79N4O16-. The van der Waals surface area contributed by atoms with Gasteiger partial charge >= 0.3 is 48.3 Å². The Bertz CT molecular complexity index is 1640. The van der Waals surface area contributed by atoms with Crippen molar-refractivity contribution in [1.29, 1.82) is 0 Å². The molecule has 0 aromatic rings. The van der Waals surface area contributed by atoms with E-state index in [0.29, 0.717) is 32.6 Å². The molecule has 0 bridgehead atoms. The van der Waals surface area contributed by atoms with Crippen LogP contribution in [0.2, 0.25) is 0 Å². The number of alkyl carbamates (subject to hydrolysis) is 4. The maximum Gasteiger partial charge on any atom is 0.407 e. The van der Waals surface area contributed by atoms with Gasteiger partial charge in [0.05, 0.1) is 0 Å². The first-order valence-electron chi connectivity index (χ1n) is 21.6. The lowest BCUT2D eigenvalue weighted by Gasteiger charge is -2.28. The molecule has 2 unspecified atom stereocenters. The molecule has 20 heteroatoms. The van der Waals surface area contributed by atoms with Crippen LogP contribution >= 0.6 is 0 Å². The second-order valence-electron chi connectivity index (χ2n) is 17.3. The number of amides is 4. The quantitative estimate of drug-likeness (QED) is 0.0192. The number of carbonyl (C=O) groups excluding carboxylic acids is 8. The maximum absolute atomic E-state index is 11.8. The topological polar surface area (TPSA) is 259 Å². The van der Waals surface area contributed by atoms with Crippen molar-refractivity contribution in [3.63, 3.8) is 0 Å². The zero-order valence-electron chi connectivity index (χ0n) is 41.8. The van der Waals surface area contributed by atoms with Crippen molar-refractivity contribution in [1.82, 2.24) is 21.3 Å². The number of rotatable bonds is 30. The zero-order valence-corrected chi connectivity index (χ0v) is 41.8. The molecule has 0 rings (SSSR count). The van der Waals surface area contributed by atoms with Crippen LogP contribution in [0.5, 0.6) is 0 Å². The molecule has 0 aromatic carbocycles. The van der Waals surface area contributed by atoms with Crippen LogP contribution in [-0.4, -0.2) is 127 Å². The Morgan fingerprint density at radius 3 is 1.09 bits per heavy atom. The highest BCUT2D eigenvalue weighted by Gasteiger charge is 2.24. The Labute approximate surface area is 397 Å². The van der Waals surface area contributed by atoms with E-state index in [0.717, 1.165) is 19.3 Å². The summed E-state index contributed by atoms with van der Waals surface area (Å²) in [6.45, 7) is 33.6. The highest BCUT2D eigenvalue weighted by molar-refractivity contribution is 5.88. The van der Waals surface area contributed by atoms with E-state index >= 15 is 0 Å². The van der Waals surface area contributed by atoms with Gasteiger partial charge in [0, 0.05) is 48.5 Å². The zero-order chi connectivity index (χ0) is 50.9. The average molecular weight is 956 g/mol. The molecule has 384 valence electrons. The van der Waals surface area contributed by atoms with E-state index in [9.17, 15) is 38.4 Å². The fourth-order valence-electron chi connectivity index (χ4n) is 5.50. The van der Waals surface area contributed by atoms with Crippen molar-refractivity contribution in [3.05, 3.63) is 56.0 Å². The Morgan fingerprint density at radius 1 is 0.433 bits per heavy atom. The number of ether oxygens (including phenoxy) is 8. The van der Waals surface area contributed by atoms with E-state index in [4.69, 9.17) is 37.9 Å². The van der Waals surface area contributed by atoms with Crippen molar-refractivity contribution >= 4 is 48.3 Å². The highest BCUT2D eigenvalue weighted by atomic mass is 16.6. The molecule has 67 heavy (non-hydrogen) atoms. The summed E-state index contributed by atoms with van der Waals surface area (Å²) in [5.74, 6) is -1.66. The number of nitrogens with one attached hydrogen (secondary N) is 4. The minimum atomic E-state index is -0.583. The number of hydrogen-bond donors (Lipinski definition) is 4. The van der Waals surface area contributed by atoms with Gasteiger partial charge in [-0.2, -0.15) is 0 Å². The molecule has 0 aliphatic heterocycles. The van der Waals surface area contributed by atoms with Crippen LogP contribution in [0.1, 0.15) is 94.9 Å². The second kappa shape index (κ2) is 36.1. The van der Waals surface area contributed by atoms with Crippen LogP contribution in [-0.2, 0) is 57.1 Å². The fraction of sp³-hybridized carbons (Fsp3) is 0.638. The number of carbonyl (C=O) groups is 8. The Hall–Kier alpha value is -6.08. The summed E-state index contributed by atoms with van der Waals surface area (Å²) in [5.41, 5.74) is 0.841. The van der Waals surface area contributed by atoms with Gasteiger partial charge in [-0.1, -0.05) is 67.9 Å². The first kappa shape index (κ1) is 65.2. The molecule has 0 radical (unpaired) electrons. The summed E-state index contributed by atoms with van der Waals surface area (Å²) in [5, 5.41) is 10.7. The van der Waals surface area contributed by atoms with Crippen molar-refractivity contribution in [2.75, 3.05) is 79.0 Å². The minimum Gasteiger partial charge on any atom is -0.459 e. The molecule has 4 N–H and O–H groups in total. The van der Waals surface area contributed by atoms with E-state index in [1.165, 1.54) is 27.7 Å². The van der Waals surface area contributed by atoms with Crippen molar-refractivity contribution in [2.45, 2.75) is 94.9 Å². The van der Waals surface area contributed by atoms with Crippen molar-refractivity contribution < 1.29 is 76.3 Å². The molecule has 0 saturated carbocycles. The highest BCUT2D eigenvalue weighted by Crippen LogP contribution is 2.29. The Morgan fingerprint density at radius 2 is 0.731 bits per heavy atom. The maximum atomic E-state index is 11.8. The number of esters is 4. The molecule has 0 aliphatic carbocycles. The molecule has 0 spiro atoms. The van der Waals surface area contributed by atoms with Crippen LogP contribution in [0.3, 0.4) is 0 Å². The third-order valence-corrected chi connectivity index (χ3v) is 8.68. The van der Waals surface area contributed by atoms with E-state index in [1.807, 2.05) is 20.8 Å². The van der Waals surface area contributed by atoms with Gasteiger partial charge in [0.2, 0.25) is 0 Å². The SMILES string of the molecule is C=C(C)C(=O)OCCOC(=O)NCCC(C)(C)CC(C)CNC(=O)OCCOC(=O)C(=C)C.C=C(C)C(=O)OCCOC(=O)NCCC(C)CC(C)(C)CNC(=O)OCCOC(=O)C(=C)C.[CH3-]. The summed E-state index contributed by atoms with van der Waals surface area (Å²) in [6, 6.07) is 0. The summed E-state index contributed by atoms with van der Waals surface area (Å²) in [4.78, 5) is 91.8. The van der Waals surface area contributed by atoms with Gasteiger partial charge in [0.25, 0.3) is 0 Å². The van der Waals surface area contributed by atoms with Crippen LogP contribution < -0.4 is 21.3 Å². The van der Waals surface area contributed by atoms with Crippen LogP contribution in [0.4, 0.5) is 19.2 Å². The lowest BCUT2D eigenvalue weighted by Crippen LogP contribution is -2.36. The van der Waals surface area contributed by atoms with E-state index in [-0.39, 0.29) is 105 Å². The van der Waals surface area contributed by atoms with Gasteiger partial charge in [-0.25, -0.2) is 38.4 Å². The monoisotopic (exact) mass is 956 g/mol. The smallest absolute Gasteiger partial charge is 0.407 e. The third kappa shape index (κ3) is 38.9. The molecule has 2 atom stereocenters. The van der Waals surface area contributed by atoms with Crippen LogP contribution in [0.15, 0.2) is 48.6 Å².